The van der Waals surface area contributed by atoms with Crippen molar-refractivity contribution < 1.29 is 27.1 Å². The van der Waals surface area contributed by atoms with Crippen molar-refractivity contribution in [3.63, 3.8) is 0 Å². The molecule has 1 aliphatic rings. The number of hydrogen-bond donors (Lipinski definition) is 1. The maximum Gasteiger partial charge on any atom is 0.412 e. The standard InChI is InChI=1S/C20H19F4NO2S2/c21-15-6-2-13(3-7-15)18(20(22,23)24)25-17(26)12-27-16-8-4-14(5-9-16)19-28-10-1-11-29-19/h2-9,18-19H,1,10-12H2,(H,25,26). The first kappa shape index (κ1) is 21.8. The molecular formula is C20H19F4NO2S2. The minimum absolute atomic E-state index is 0.251. The van der Waals surface area contributed by atoms with E-state index in [0.29, 0.717) is 10.3 Å². The van der Waals surface area contributed by atoms with Gasteiger partial charge >= 0.3 is 6.18 Å². The third kappa shape index (κ3) is 6.30. The molecule has 0 saturated carbocycles. The number of alkyl halides is 3. The number of carbonyl (C=O) groups is 1. The number of halogens is 4. The van der Waals surface area contributed by atoms with Crippen LogP contribution >= 0.6 is 23.5 Å². The summed E-state index contributed by atoms with van der Waals surface area (Å²) in [6.45, 7) is -0.556. The highest BCUT2D eigenvalue weighted by atomic mass is 32.2. The van der Waals surface area contributed by atoms with Gasteiger partial charge in [0.2, 0.25) is 0 Å². The summed E-state index contributed by atoms with van der Waals surface area (Å²) in [6.07, 6.45) is -3.52. The lowest BCUT2D eigenvalue weighted by atomic mass is 10.1. The van der Waals surface area contributed by atoms with E-state index in [1.165, 1.54) is 6.42 Å². The molecule has 0 radical (unpaired) electrons. The van der Waals surface area contributed by atoms with Gasteiger partial charge in [0.15, 0.2) is 12.6 Å². The van der Waals surface area contributed by atoms with Crippen LogP contribution in [-0.4, -0.2) is 30.2 Å². The summed E-state index contributed by atoms with van der Waals surface area (Å²) in [5.41, 5.74) is 0.893. The van der Waals surface area contributed by atoms with Crippen LogP contribution in [0.2, 0.25) is 0 Å². The molecule has 1 fully saturated rings. The molecule has 1 saturated heterocycles. The minimum Gasteiger partial charge on any atom is -0.484 e. The molecule has 1 amide bonds. The van der Waals surface area contributed by atoms with Crippen LogP contribution in [0.4, 0.5) is 17.6 Å². The molecule has 1 atom stereocenters. The van der Waals surface area contributed by atoms with Crippen LogP contribution in [0.1, 0.15) is 28.2 Å². The average molecular weight is 446 g/mol. The van der Waals surface area contributed by atoms with Crippen molar-refractivity contribution in [1.82, 2.24) is 5.32 Å². The van der Waals surface area contributed by atoms with Crippen molar-refractivity contribution in [3.8, 4) is 5.75 Å². The van der Waals surface area contributed by atoms with E-state index >= 15 is 0 Å². The van der Waals surface area contributed by atoms with Gasteiger partial charge < -0.3 is 10.1 Å². The van der Waals surface area contributed by atoms with E-state index in [0.717, 1.165) is 41.3 Å². The second-order valence-corrected chi connectivity index (χ2v) is 9.10. The van der Waals surface area contributed by atoms with Crippen molar-refractivity contribution >= 4 is 29.4 Å². The second kappa shape index (κ2) is 9.75. The molecule has 0 aromatic heterocycles. The number of benzene rings is 2. The fourth-order valence-electron chi connectivity index (χ4n) is 2.76. The highest BCUT2D eigenvalue weighted by molar-refractivity contribution is 8.16. The number of hydrogen-bond acceptors (Lipinski definition) is 4. The SMILES string of the molecule is O=C(COc1ccc(C2SCCCS2)cc1)NC(c1ccc(F)cc1)C(F)(F)F. The monoisotopic (exact) mass is 445 g/mol. The second-order valence-electron chi connectivity index (χ2n) is 6.38. The normalized spacial score (nSPS) is 16.3. The number of nitrogens with one attached hydrogen (secondary N) is 1. The Kier molecular flexibility index (Phi) is 7.34. The molecule has 1 aliphatic heterocycles. The predicted molar refractivity (Wildman–Crippen MR) is 108 cm³/mol. The molecule has 3 nitrogen and oxygen atoms in total. The molecule has 0 spiro atoms. The van der Waals surface area contributed by atoms with E-state index < -0.39 is 30.5 Å². The summed E-state index contributed by atoms with van der Waals surface area (Å²) in [4.78, 5) is 12.0. The van der Waals surface area contributed by atoms with Gasteiger partial charge in [-0.25, -0.2) is 4.39 Å². The number of carbonyl (C=O) groups excluding carboxylic acids is 1. The Balaban J connectivity index is 1.57. The molecule has 1 heterocycles. The first-order valence-corrected chi connectivity index (χ1v) is 11.0. The largest absolute Gasteiger partial charge is 0.484 e. The van der Waals surface area contributed by atoms with Gasteiger partial charge in [-0.2, -0.15) is 13.2 Å². The molecule has 3 rings (SSSR count). The molecule has 2 aromatic rings. The van der Waals surface area contributed by atoms with E-state index in [4.69, 9.17) is 4.74 Å². The van der Waals surface area contributed by atoms with Crippen LogP contribution in [0.25, 0.3) is 0 Å². The fraction of sp³-hybridized carbons (Fsp3) is 0.350. The molecule has 0 aliphatic carbocycles. The zero-order valence-corrected chi connectivity index (χ0v) is 16.9. The molecule has 1 unspecified atom stereocenters. The van der Waals surface area contributed by atoms with E-state index in [1.807, 2.05) is 41.0 Å². The molecule has 29 heavy (non-hydrogen) atoms. The van der Waals surface area contributed by atoms with Crippen molar-refractivity contribution in [2.45, 2.75) is 23.2 Å². The highest BCUT2D eigenvalue weighted by Crippen LogP contribution is 2.43. The van der Waals surface area contributed by atoms with Crippen LogP contribution < -0.4 is 10.1 Å². The number of ether oxygens (including phenoxy) is 1. The highest BCUT2D eigenvalue weighted by Gasteiger charge is 2.41. The van der Waals surface area contributed by atoms with Crippen molar-refractivity contribution in [3.05, 3.63) is 65.5 Å². The third-order valence-corrected chi connectivity index (χ3v) is 7.20. The molecule has 156 valence electrons. The number of thioether (sulfide) groups is 2. The van der Waals surface area contributed by atoms with Crippen LogP contribution in [0.5, 0.6) is 5.75 Å². The maximum atomic E-state index is 13.3. The summed E-state index contributed by atoms with van der Waals surface area (Å²) >= 11 is 3.75. The Hall–Kier alpha value is -1.87. The zero-order valence-electron chi connectivity index (χ0n) is 15.2. The van der Waals surface area contributed by atoms with Crippen LogP contribution in [0.15, 0.2) is 48.5 Å². The van der Waals surface area contributed by atoms with E-state index in [-0.39, 0.29) is 5.56 Å². The maximum absolute atomic E-state index is 13.3. The first-order valence-electron chi connectivity index (χ1n) is 8.90. The Morgan fingerprint density at radius 2 is 1.69 bits per heavy atom. The van der Waals surface area contributed by atoms with Gasteiger partial charge in [-0.15, -0.1) is 23.5 Å². The van der Waals surface area contributed by atoms with E-state index in [2.05, 4.69) is 0 Å². The van der Waals surface area contributed by atoms with Crippen molar-refractivity contribution in [1.29, 1.82) is 0 Å². The fourth-order valence-corrected chi connectivity index (χ4v) is 5.66. The van der Waals surface area contributed by atoms with Gasteiger partial charge in [0, 0.05) is 0 Å². The summed E-state index contributed by atoms with van der Waals surface area (Å²) in [5.74, 6) is 1.06. The lowest BCUT2D eigenvalue weighted by Gasteiger charge is -2.22. The number of amides is 1. The molecule has 0 bridgehead atoms. The first-order chi connectivity index (χ1) is 13.8. The quantitative estimate of drug-likeness (QED) is 0.597. The smallest absolute Gasteiger partial charge is 0.412 e. The summed E-state index contributed by atoms with van der Waals surface area (Å²) in [7, 11) is 0. The Morgan fingerprint density at radius 1 is 1.07 bits per heavy atom. The van der Waals surface area contributed by atoms with Gasteiger partial charge in [-0.3, -0.25) is 4.79 Å². The summed E-state index contributed by atoms with van der Waals surface area (Å²) < 4.78 is 58.6. The Bertz CT molecular complexity index is 807. The molecular weight excluding hydrogens is 426 g/mol. The zero-order chi connectivity index (χ0) is 20.9. The number of rotatable bonds is 6. The molecule has 2 aromatic carbocycles. The molecule has 9 heteroatoms. The van der Waals surface area contributed by atoms with Gasteiger partial charge in [0.25, 0.3) is 5.91 Å². The van der Waals surface area contributed by atoms with Gasteiger partial charge in [0.05, 0.1) is 4.58 Å². The lowest BCUT2D eigenvalue weighted by Crippen LogP contribution is -2.40. The van der Waals surface area contributed by atoms with Crippen molar-refractivity contribution in [2.75, 3.05) is 18.1 Å². The predicted octanol–water partition coefficient (Wildman–Crippen LogP) is 5.49. The lowest BCUT2D eigenvalue weighted by molar-refractivity contribution is -0.164. The van der Waals surface area contributed by atoms with Gasteiger partial charge in [0.1, 0.15) is 11.6 Å². The van der Waals surface area contributed by atoms with Crippen LogP contribution in [0.3, 0.4) is 0 Å². The summed E-state index contributed by atoms with van der Waals surface area (Å²) in [5, 5.41) is 1.91. The Morgan fingerprint density at radius 3 is 2.28 bits per heavy atom. The van der Waals surface area contributed by atoms with E-state index in [9.17, 15) is 22.4 Å². The Labute approximate surface area is 174 Å². The van der Waals surface area contributed by atoms with Crippen LogP contribution in [-0.2, 0) is 4.79 Å². The van der Waals surface area contributed by atoms with Gasteiger partial charge in [-0.05, 0) is 53.3 Å². The van der Waals surface area contributed by atoms with Crippen molar-refractivity contribution in [2.24, 2.45) is 0 Å². The molecule has 1 N–H and O–H groups in total. The van der Waals surface area contributed by atoms with Crippen LogP contribution in [0, 0.1) is 5.82 Å². The third-order valence-electron chi connectivity index (χ3n) is 4.19. The topological polar surface area (TPSA) is 38.3 Å². The van der Waals surface area contributed by atoms with E-state index in [1.54, 1.807) is 12.1 Å². The average Bonchev–Trinajstić information content (AvgIpc) is 2.71. The minimum atomic E-state index is -4.72. The summed E-state index contributed by atoms with van der Waals surface area (Å²) in [6, 6.07) is 8.81. The van der Waals surface area contributed by atoms with Gasteiger partial charge in [-0.1, -0.05) is 24.3 Å².